The Kier molecular flexibility index (Phi) is 4.12. The maximum absolute atomic E-state index is 10.6. The number of aryl methyl sites for hydroxylation is 1. The number of hydrogen-bond donors (Lipinski definition) is 1. The Morgan fingerprint density at radius 3 is 2.60 bits per heavy atom. The fourth-order valence-electron chi connectivity index (χ4n) is 2.42. The molecule has 2 rings (SSSR count). The predicted octanol–water partition coefficient (Wildman–Crippen LogP) is 3.59. The molecule has 0 aliphatic carbocycles. The molecular weight excluding hydrogens is 252 g/mol. The quantitative estimate of drug-likeness (QED) is 0.848. The van der Waals surface area contributed by atoms with Gasteiger partial charge in [0.05, 0.1) is 11.0 Å². The highest BCUT2D eigenvalue weighted by Crippen LogP contribution is 2.26. The van der Waals surface area contributed by atoms with Crippen molar-refractivity contribution in [3.8, 4) is 0 Å². The first-order valence-electron chi connectivity index (χ1n) is 7.07. The summed E-state index contributed by atoms with van der Waals surface area (Å²) in [5, 5.41) is 8.71. The highest BCUT2D eigenvalue weighted by molar-refractivity contribution is 5.76. The molecular formula is C16H22N2O2. The zero-order valence-electron chi connectivity index (χ0n) is 12.4. The summed E-state index contributed by atoms with van der Waals surface area (Å²) in [6, 6.07) is 8.12. The van der Waals surface area contributed by atoms with Gasteiger partial charge in [0, 0.05) is 18.4 Å². The van der Waals surface area contributed by atoms with Crippen LogP contribution in [-0.2, 0) is 16.8 Å². The summed E-state index contributed by atoms with van der Waals surface area (Å²) in [5.74, 6) is 0.338. The molecule has 108 valence electrons. The minimum Gasteiger partial charge on any atom is -0.481 e. The van der Waals surface area contributed by atoms with E-state index < -0.39 is 5.97 Å². The van der Waals surface area contributed by atoms with Crippen molar-refractivity contribution < 1.29 is 9.90 Å². The number of unbranched alkanes of at least 4 members (excludes halogenated alkanes) is 1. The molecule has 0 unspecified atom stereocenters. The standard InChI is InChI=1S/C16H22N2O2/c1-16(2,3)15-17-12-8-4-5-9-13(12)18(15)11-7-6-10-14(19)20/h4-5,8-9H,6-7,10-11H2,1-3H3,(H,19,20). The second-order valence-electron chi connectivity index (χ2n) is 6.18. The minimum absolute atomic E-state index is 0.0220. The van der Waals surface area contributed by atoms with E-state index in [0.717, 1.165) is 29.8 Å². The van der Waals surface area contributed by atoms with Crippen LogP contribution in [0.1, 0.15) is 45.9 Å². The van der Waals surface area contributed by atoms with E-state index in [0.29, 0.717) is 6.42 Å². The SMILES string of the molecule is CC(C)(C)c1nc2ccccc2n1CCCCC(=O)O. The van der Waals surface area contributed by atoms with Gasteiger partial charge in [-0.15, -0.1) is 0 Å². The van der Waals surface area contributed by atoms with E-state index in [1.165, 1.54) is 0 Å². The number of carboxylic acid groups (broad SMARTS) is 1. The van der Waals surface area contributed by atoms with E-state index in [-0.39, 0.29) is 11.8 Å². The van der Waals surface area contributed by atoms with E-state index in [1.807, 2.05) is 18.2 Å². The first-order chi connectivity index (χ1) is 9.39. The minimum atomic E-state index is -0.725. The summed E-state index contributed by atoms with van der Waals surface area (Å²) < 4.78 is 2.23. The number of imidazole rings is 1. The zero-order valence-corrected chi connectivity index (χ0v) is 12.4. The van der Waals surface area contributed by atoms with E-state index in [4.69, 9.17) is 10.1 Å². The van der Waals surface area contributed by atoms with E-state index in [2.05, 4.69) is 31.4 Å². The van der Waals surface area contributed by atoms with Crippen LogP contribution in [0.3, 0.4) is 0 Å². The molecule has 0 aliphatic heterocycles. The van der Waals surface area contributed by atoms with Gasteiger partial charge in [-0.3, -0.25) is 4.79 Å². The maximum Gasteiger partial charge on any atom is 0.303 e. The number of aromatic nitrogens is 2. The lowest BCUT2D eigenvalue weighted by Crippen LogP contribution is -2.19. The van der Waals surface area contributed by atoms with Gasteiger partial charge in [0.1, 0.15) is 5.82 Å². The van der Waals surface area contributed by atoms with Gasteiger partial charge in [-0.25, -0.2) is 4.98 Å². The third-order valence-corrected chi connectivity index (χ3v) is 3.35. The number of carboxylic acids is 1. The van der Waals surface area contributed by atoms with Crippen LogP contribution >= 0.6 is 0 Å². The highest BCUT2D eigenvalue weighted by Gasteiger charge is 2.22. The number of para-hydroxylation sites is 2. The third kappa shape index (κ3) is 3.18. The maximum atomic E-state index is 10.6. The summed E-state index contributed by atoms with van der Waals surface area (Å²) in [5.41, 5.74) is 2.12. The molecule has 20 heavy (non-hydrogen) atoms. The van der Waals surface area contributed by atoms with E-state index in [1.54, 1.807) is 0 Å². The lowest BCUT2D eigenvalue weighted by molar-refractivity contribution is -0.137. The average molecular weight is 274 g/mol. The molecule has 0 saturated heterocycles. The van der Waals surface area contributed by atoms with Crippen molar-refractivity contribution in [2.45, 2.75) is 52.0 Å². The first-order valence-corrected chi connectivity index (χ1v) is 7.07. The average Bonchev–Trinajstić information content (AvgIpc) is 2.73. The molecule has 2 aromatic rings. The topological polar surface area (TPSA) is 55.1 Å². The van der Waals surface area contributed by atoms with Crippen molar-refractivity contribution in [2.24, 2.45) is 0 Å². The van der Waals surface area contributed by atoms with Crippen LogP contribution in [0, 0.1) is 0 Å². The predicted molar refractivity (Wildman–Crippen MR) is 79.9 cm³/mol. The van der Waals surface area contributed by atoms with Crippen LogP contribution in [0.25, 0.3) is 11.0 Å². The first kappa shape index (κ1) is 14.6. The fourth-order valence-corrected chi connectivity index (χ4v) is 2.42. The van der Waals surface area contributed by atoms with Crippen LogP contribution in [0.2, 0.25) is 0 Å². The number of nitrogens with zero attached hydrogens (tertiary/aromatic N) is 2. The number of hydrogen-bond acceptors (Lipinski definition) is 2. The van der Waals surface area contributed by atoms with E-state index in [9.17, 15) is 4.79 Å². The van der Waals surface area contributed by atoms with Gasteiger partial charge in [0.15, 0.2) is 0 Å². The summed E-state index contributed by atoms with van der Waals surface area (Å²) in [7, 11) is 0. The molecule has 4 heteroatoms. The van der Waals surface area contributed by atoms with Crippen molar-refractivity contribution in [2.75, 3.05) is 0 Å². The Balaban J connectivity index is 2.27. The third-order valence-electron chi connectivity index (χ3n) is 3.35. The van der Waals surface area contributed by atoms with Gasteiger partial charge in [-0.1, -0.05) is 32.9 Å². The van der Waals surface area contributed by atoms with Crippen molar-refractivity contribution in [3.05, 3.63) is 30.1 Å². The number of carbonyl (C=O) groups is 1. The normalized spacial score (nSPS) is 11.9. The number of rotatable bonds is 5. The number of fused-ring (bicyclic) bond motifs is 1. The van der Waals surface area contributed by atoms with Crippen molar-refractivity contribution in [3.63, 3.8) is 0 Å². The van der Waals surface area contributed by atoms with Gasteiger partial charge in [0.2, 0.25) is 0 Å². The summed E-state index contributed by atoms with van der Waals surface area (Å²) in [6.07, 6.45) is 1.79. The molecule has 1 heterocycles. The Morgan fingerprint density at radius 1 is 1.25 bits per heavy atom. The van der Waals surface area contributed by atoms with Crippen LogP contribution in [-0.4, -0.2) is 20.6 Å². The monoisotopic (exact) mass is 274 g/mol. The summed E-state index contributed by atoms with van der Waals surface area (Å²) in [4.78, 5) is 15.3. The van der Waals surface area contributed by atoms with Gasteiger partial charge >= 0.3 is 5.97 Å². The van der Waals surface area contributed by atoms with Crippen molar-refractivity contribution >= 4 is 17.0 Å². The Morgan fingerprint density at radius 2 is 1.95 bits per heavy atom. The van der Waals surface area contributed by atoms with Crippen molar-refractivity contribution in [1.29, 1.82) is 0 Å². The Hall–Kier alpha value is -1.84. The van der Waals surface area contributed by atoms with Crippen molar-refractivity contribution in [1.82, 2.24) is 9.55 Å². The van der Waals surface area contributed by atoms with Gasteiger partial charge < -0.3 is 9.67 Å². The van der Waals surface area contributed by atoms with Crippen LogP contribution in [0.4, 0.5) is 0 Å². The molecule has 0 fully saturated rings. The second kappa shape index (κ2) is 5.65. The lowest BCUT2D eigenvalue weighted by Gasteiger charge is -2.20. The molecule has 0 atom stereocenters. The molecule has 0 bridgehead atoms. The molecule has 0 aliphatic rings. The fraction of sp³-hybridized carbons (Fsp3) is 0.500. The zero-order chi connectivity index (χ0) is 14.8. The number of benzene rings is 1. The smallest absolute Gasteiger partial charge is 0.303 e. The van der Waals surface area contributed by atoms with Crippen LogP contribution in [0.15, 0.2) is 24.3 Å². The largest absolute Gasteiger partial charge is 0.481 e. The molecule has 4 nitrogen and oxygen atoms in total. The van der Waals surface area contributed by atoms with E-state index >= 15 is 0 Å². The van der Waals surface area contributed by atoms with Crippen LogP contribution in [0.5, 0.6) is 0 Å². The Labute approximate surface area is 119 Å². The van der Waals surface area contributed by atoms with Gasteiger partial charge in [0.25, 0.3) is 0 Å². The molecule has 0 spiro atoms. The lowest BCUT2D eigenvalue weighted by atomic mass is 9.95. The molecule has 1 aromatic carbocycles. The Bertz CT molecular complexity index is 608. The van der Waals surface area contributed by atoms with Crippen LogP contribution < -0.4 is 0 Å². The molecule has 0 radical (unpaired) electrons. The number of aliphatic carboxylic acids is 1. The molecule has 0 saturated carbocycles. The highest BCUT2D eigenvalue weighted by atomic mass is 16.4. The molecule has 0 amide bonds. The summed E-state index contributed by atoms with van der Waals surface area (Å²) >= 11 is 0. The van der Waals surface area contributed by atoms with Gasteiger partial charge in [-0.05, 0) is 25.0 Å². The second-order valence-corrected chi connectivity index (χ2v) is 6.18. The molecule has 1 N–H and O–H groups in total. The molecule has 1 aromatic heterocycles. The summed E-state index contributed by atoms with van der Waals surface area (Å²) in [6.45, 7) is 7.28. The van der Waals surface area contributed by atoms with Gasteiger partial charge in [-0.2, -0.15) is 0 Å².